The minimum atomic E-state index is -1.65. The zero-order valence-corrected chi connectivity index (χ0v) is 17.2. The molecule has 0 saturated heterocycles. The minimum absolute atomic E-state index is 0.0371. The highest BCUT2D eigenvalue weighted by Gasteiger charge is 2.43. The van der Waals surface area contributed by atoms with Crippen LogP contribution in [0.2, 0.25) is 0 Å². The van der Waals surface area contributed by atoms with E-state index < -0.39 is 23.6 Å². The Bertz CT molecular complexity index is 843. The van der Waals surface area contributed by atoms with Gasteiger partial charge in [-0.1, -0.05) is 32.9 Å². The molecule has 0 bridgehead atoms. The molecule has 1 aromatic carbocycles. The summed E-state index contributed by atoms with van der Waals surface area (Å²) < 4.78 is 34.7. The summed E-state index contributed by atoms with van der Waals surface area (Å²) in [6.07, 6.45) is -0.305. The van der Waals surface area contributed by atoms with Crippen molar-refractivity contribution in [1.82, 2.24) is 14.8 Å². The highest BCUT2D eigenvalue weighted by Crippen LogP contribution is 2.36. The monoisotopic (exact) mass is 394 g/mol. The number of carbonyl (C=O) groups is 1. The standard InChI is InChI=1S/C20H28F2N4O2/c1-12(2)28-18(27)20(23,10-19(4,5)6)15-8-7-14(9-16(15)22)17-24-11-26(25-17)13(3)21/h7-9,11-13H,10,23H2,1-6H3/t13?,20-/m1/s1. The fourth-order valence-corrected chi connectivity index (χ4v) is 3.03. The van der Waals surface area contributed by atoms with Crippen LogP contribution in [0.3, 0.4) is 0 Å². The van der Waals surface area contributed by atoms with E-state index in [1.54, 1.807) is 19.9 Å². The Morgan fingerprint density at radius 1 is 1.29 bits per heavy atom. The van der Waals surface area contributed by atoms with Crippen molar-refractivity contribution in [3.8, 4) is 11.4 Å². The zero-order chi connectivity index (χ0) is 21.3. The number of halogens is 2. The minimum Gasteiger partial charge on any atom is -0.461 e. The van der Waals surface area contributed by atoms with Crippen molar-refractivity contribution in [2.75, 3.05) is 0 Å². The third kappa shape index (κ3) is 4.92. The van der Waals surface area contributed by atoms with Crippen molar-refractivity contribution >= 4 is 5.97 Å². The number of ether oxygens (including phenoxy) is 1. The Morgan fingerprint density at radius 3 is 2.39 bits per heavy atom. The molecule has 2 rings (SSSR count). The Hall–Kier alpha value is -2.35. The lowest BCUT2D eigenvalue weighted by Gasteiger charge is -2.34. The Balaban J connectivity index is 2.47. The first-order valence-electron chi connectivity index (χ1n) is 9.19. The largest absolute Gasteiger partial charge is 0.461 e. The van der Waals surface area contributed by atoms with Crippen LogP contribution >= 0.6 is 0 Å². The van der Waals surface area contributed by atoms with Gasteiger partial charge in [0.1, 0.15) is 17.7 Å². The number of carbonyl (C=O) groups excluding carboxylic acids is 1. The first-order valence-corrected chi connectivity index (χ1v) is 9.19. The zero-order valence-electron chi connectivity index (χ0n) is 17.2. The lowest BCUT2D eigenvalue weighted by molar-refractivity contribution is -0.156. The number of aromatic nitrogens is 3. The highest BCUT2D eigenvalue weighted by atomic mass is 19.1. The summed E-state index contributed by atoms with van der Waals surface area (Å²) in [5.41, 5.74) is 4.82. The number of rotatable bonds is 6. The van der Waals surface area contributed by atoms with Crippen molar-refractivity contribution in [2.24, 2.45) is 11.1 Å². The van der Waals surface area contributed by atoms with Crippen molar-refractivity contribution < 1.29 is 18.3 Å². The Morgan fingerprint density at radius 2 is 1.93 bits per heavy atom. The fourth-order valence-electron chi connectivity index (χ4n) is 3.03. The predicted molar refractivity (Wildman–Crippen MR) is 102 cm³/mol. The maximum atomic E-state index is 15.0. The van der Waals surface area contributed by atoms with E-state index in [1.165, 1.54) is 25.4 Å². The van der Waals surface area contributed by atoms with Crippen LogP contribution in [0.5, 0.6) is 0 Å². The average molecular weight is 394 g/mol. The van der Waals surface area contributed by atoms with Gasteiger partial charge in [0, 0.05) is 11.1 Å². The van der Waals surface area contributed by atoms with E-state index in [0.717, 1.165) is 4.68 Å². The molecule has 1 unspecified atom stereocenters. The van der Waals surface area contributed by atoms with Gasteiger partial charge in [0.25, 0.3) is 0 Å². The van der Waals surface area contributed by atoms with E-state index in [2.05, 4.69) is 10.1 Å². The van der Waals surface area contributed by atoms with Gasteiger partial charge >= 0.3 is 5.97 Å². The molecule has 2 aromatic rings. The SMILES string of the molecule is CC(C)OC(=O)[C@@](N)(CC(C)(C)C)c1ccc(-c2ncn(C(C)F)n2)cc1F. The van der Waals surface area contributed by atoms with Gasteiger partial charge in [-0.3, -0.25) is 0 Å². The molecule has 0 aliphatic heterocycles. The summed E-state index contributed by atoms with van der Waals surface area (Å²) in [7, 11) is 0. The van der Waals surface area contributed by atoms with Crippen molar-refractivity contribution in [3.63, 3.8) is 0 Å². The number of esters is 1. The number of nitrogens with two attached hydrogens (primary N) is 1. The van der Waals surface area contributed by atoms with Crippen LogP contribution in [0.1, 0.15) is 59.8 Å². The van der Waals surface area contributed by atoms with Crippen LogP contribution in [0.15, 0.2) is 24.5 Å². The third-order valence-electron chi connectivity index (χ3n) is 4.10. The van der Waals surface area contributed by atoms with Crippen LogP contribution in [0.4, 0.5) is 8.78 Å². The van der Waals surface area contributed by atoms with Gasteiger partial charge in [0.15, 0.2) is 12.1 Å². The molecule has 1 heterocycles. The first kappa shape index (κ1) is 21.9. The number of alkyl halides is 1. The smallest absolute Gasteiger partial charge is 0.331 e. The normalized spacial score (nSPS) is 15.4. The van der Waals surface area contributed by atoms with Gasteiger partial charge < -0.3 is 10.5 Å². The second-order valence-electron chi connectivity index (χ2n) is 8.48. The summed E-state index contributed by atoms with van der Waals surface area (Å²) >= 11 is 0. The molecule has 1 aromatic heterocycles. The second kappa shape index (κ2) is 7.95. The van der Waals surface area contributed by atoms with Gasteiger partial charge in [0.2, 0.25) is 0 Å². The van der Waals surface area contributed by atoms with Crippen LogP contribution in [-0.2, 0) is 15.1 Å². The number of hydrogen-bond acceptors (Lipinski definition) is 5. The van der Waals surface area contributed by atoms with E-state index in [-0.39, 0.29) is 29.3 Å². The summed E-state index contributed by atoms with van der Waals surface area (Å²) in [4.78, 5) is 16.8. The second-order valence-corrected chi connectivity index (χ2v) is 8.48. The van der Waals surface area contributed by atoms with Crippen LogP contribution < -0.4 is 5.73 Å². The molecule has 6 nitrogen and oxygen atoms in total. The maximum absolute atomic E-state index is 15.0. The molecule has 8 heteroatoms. The summed E-state index contributed by atoms with van der Waals surface area (Å²) in [5.74, 6) is -1.18. The predicted octanol–water partition coefficient (Wildman–Crippen LogP) is 4.11. The number of nitrogens with zero attached hydrogens (tertiary/aromatic N) is 3. The third-order valence-corrected chi connectivity index (χ3v) is 4.10. The van der Waals surface area contributed by atoms with Gasteiger partial charge in [-0.2, -0.15) is 0 Å². The van der Waals surface area contributed by atoms with E-state index in [0.29, 0.717) is 5.56 Å². The van der Waals surface area contributed by atoms with Crippen LogP contribution in [0.25, 0.3) is 11.4 Å². The highest BCUT2D eigenvalue weighted by molar-refractivity contribution is 5.83. The molecule has 0 aliphatic carbocycles. The summed E-state index contributed by atoms with van der Waals surface area (Å²) in [6.45, 7) is 10.5. The lowest BCUT2D eigenvalue weighted by atomic mass is 9.76. The van der Waals surface area contributed by atoms with E-state index in [4.69, 9.17) is 10.5 Å². The van der Waals surface area contributed by atoms with Gasteiger partial charge in [-0.15, -0.1) is 5.10 Å². The lowest BCUT2D eigenvalue weighted by Crippen LogP contribution is -2.49. The molecule has 0 amide bonds. The van der Waals surface area contributed by atoms with E-state index in [1.807, 2.05) is 20.8 Å². The van der Waals surface area contributed by atoms with Crippen molar-refractivity contribution in [1.29, 1.82) is 0 Å². The number of benzene rings is 1. The Kier molecular flexibility index (Phi) is 6.23. The quantitative estimate of drug-likeness (QED) is 0.746. The molecule has 28 heavy (non-hydrogen) atoms. The average Bonchev–Trinajstić information content (AvgIpc) is 3.02. The molecule has 154 valence electrons. The molecule has 0 saturated carbocycles. The molecular formula is C20H28F2N4O2. The Labute approximate surface area is 164 Å². The fraction of sp³-hybridized carbons (Fsp3) is 0.550. The molecule has 0 aliphatic rings. The summed E-state index contributed by atoms with van der Waals surface area (Å²) in [6, 6.07) is 4.20. The topological polar surface area (TPSA) is 83.0 Å². The van der Waals surface area contributed by atoms with Crippen molar-refractivity contribution in [3.05, 3.63) is 35.9 Å². The van der Waals surface area contributed by atoms with Gasteiger partial charge in [-0.05, 0) is 38.7 Å². The van der Waals surface area contributed by atoms with Gasteiger partial charge in [0.05, 0.1) is 6.10 Å². The molecule has 2 N–H and O–H groups in total. The van der Waals surface area contributed by atoms with Crippen molar-refractivity contribution in [2.45, 2.75) is 65.9 Å². The molecule has 0 radical (unpaired) electrons. The molecular weight excluding hydrogens is 366 g/mol. The molecule has 0 fully saturated rings. The van der Waals surface area contributed by atoms with Crippen LogP contribution in [-0.4, -0.2) is 26.8 Å². The van der Waals surface area contributed by atoms with E-state index in [9.17, 15) is 9.18 Å². The van der Waals surface area contributed by atoms with E-state index >= 15 is 4.39 Å². The molecule has 0 spiro atoms. The van der Waals surface area contributed by atoms with Gasteiger partial charge in [-0.25, -0.2) is 23.2 Å². The maximum Gasteiger partial charge on any atom is 0.331 e. The van der Waals surface area contributed by atoms with Crippen LogP contribution in [0, 0.1) is 11.2 Å². The first-order chi connectivity index (χ1) is 12.8. The molecule has 2 atom stereocenters. The summed E-state index contributed by atoms with van der Waals surface area (Å²) in [5, 5.41) is 3.99. The number of hydrogen-bond donors (Lipinski definition) is 1.